The predicted molar refractivity (Wildman–Crippen MR) is 82.8 cm³/mol. The maximum atomic E-state index is 12.8. The first-order valence-electron chi connectivity index (χ1n) is 7.30. The third kappa shape index (κ3) is 7.23. The number of guanidine groups is 1. The molecular weight excluding hydrogens is 311 g/mol. The highest BCUT2D eigenvalue weighted by Crippen LogP contribution is 2.35. The van der Waals surface area contributed by atoms with Crippen molar-refractivity contribution < 1.29 is 22.6 Å². The minimum Gasteiger partial charge on any atom is -0.491 e. The molecule has 0 aliphatic heterocycles. The quantitative estimate of drug-likeness (QED) is 0.435. The first-order chi connectivity index (χ1) is 11.0. The highest BCUT2D eigenvalue weighted by Gasteiger charge is 2.33. The van der Waals surface area contributed by atoms with Gasteiger partial charge in [-0.3, -0.25) is 4.99 Å². The van der Waals surface area contributed by atoms with Gasteiger partial charge in [-0.15, -0.1) is 0 Å². The summed E-state index contributed by atoms with van der Waals surface area (Å²) in [6, 6.07) is 5.14. The van der Waals surface area contributed by atoms with E-state index >= 15 is 0 Å². The number of nitrogens with zero attached hydrogens (tertiary/aromatic N) is 1. The number of para-hydroxylation sites is 1. The van der Waals surface area contributed by atoms with Crippen LogP contribution in [0, 0.1) is 0 Å². The molecule has 0 saturated carbocycles. The summed E-state index contributed by atoms with van der Waals surface area (Å²) < 4.78 is 48.8. The van der Waals surface area contributed by atoms with Crippen LogP contribution in [0.5, 0.6) is 5.75 Å². The van der Waals surface area contributed by atoms with Crippen molar-refractivity contribution in [3.05, 3.63) is 29.8 Å². The van der Waals surface area contributed by atoms with E-state index in [1.807, 2.05) is 6.92 Å². The number of nitrogens with one attached hydrogen (secondary N) is 2. The average Bonchev–Trinajstić information content (AvgIpc) is 2.53. The first kappa shape index (κ1) is 19.1. The summed E-state index contributed by atoms with van der Waals surface area (Å²) in [7, 11) is 1.61. The van der Waals surface area contributed by atoms with Gasteiger partial charge in [0.15, 0.2) is 5.96 Å². The van der Waals surface area contributed by atoms with Crippen LogP contribution in [0.3, 0.4) is 0 Å². The van der Waals surface area contributed by atoms with Crippen LogP contribution in [0.4, 0.5) is 13.2 Å². The van der Waals surface area contributed by atoms with Gasteiger partial charge in [-0.05, 0) is 19.1 Å². The van der Waals surface area contributed by atoms with E-state index < -0.39 is 11.7 Å². The molecular formula is C15H22F3N3O2. The Balaban J connectivity index is 2.37. The molecule has 0 unspecified atom stereocenters. The molecule has 1 aromatic rings. The standard InChI is InChI=1S/C15H22F3N3O2/c1-3-22-10-8-20-14(19-2)21-9-11-23-13-7-5-4-6-12(13)15(16,17)18/h4-7H,3,8-11H2,1-2H3,(H2,19,20,21). The van der Waals surface area contributed by atoms with E-state index in [-0.39, 0.29) is 12.4 Å². The second-order valence-corrected chi connectivity index (χ2v) is 4.47. The van der Waals surface area contributed by atoms with E-state index in [1.165, 1.54) is 18.2 Å². The van der Waals surface area contributed by atoms with E-state index in [9.17, 15) is 13.2 Å². The monoisotopic (exact) mass is 333 g/mol. The lowest BCUT2D eigenvalue weighted by Gasteiger charge is -2.15. The zero-order valence-corrected chi connectivity index (χ0v) is 13.2. The molecule has 0 saturated heterocycles. The Bertz CT molecular complexity index is 493. The topological polar surface area (TPSA) is 54.9 Å². The second kappa shape index (κ2) is 9.94. The Morgan fingerprint density at radius 1 is 1.13 bits per heavy atom. The van der Waals surface area contributed by atoms with Crippen LogP contribution < -0.4 is 15.4 Å². The highest BCUT2D eigenvalue weighted by atomic mass is 19.4. The number of hydrogen-bond acceptors (Lipinski definition) is 3. The highest BCUT2D eigenvalue weighted by molar-refractivity contribution is 5.79. The normalized spacial score (nSPS) is 12.1. The van der Waals surface area contributed by atoms with Gasteiger partial charge in [0.05, 0.1) is 18.7 Å². The van der Waals surface area contributed by atoms with Crippen LogP contribution in [0.1, 0.15) is 12.5 Å². The average molecular weight is 333 g/mol. The van der Waals surface area contributed by atoms with Gasteiger partial charge in [0.1, 0.15) is 12.4 Å². The molecule has 23 heavy (non-hydrogen) atoms. The first-order valence-corrected chi connectivity index (χ1v) is 7.30. The van der Waals surface area contributed by atoms with E-state index in [0.29, 0.717) is 32.3 Å². The van der Waals surface area contributed by atoms with Gasteiger partial charge in [-0.1, -0.05) is 12.1 Å². The molecule has 1 aromatic carbocycles. The third-order valence-electron chi connectivity index (χ3n) is 2.81. The summed E-state index contributed by atoms with van der Waals surface area (Å²) in [5.41, 5.74) is -0.778. The molecule has 0 aliphatic carbocycles. The molecule has 2 N–H and O–H groups in total. The van der Waals surface area contributed by atoms with Crippen molar-refractivity contribution in [2.75, 3.05) is 40.0 Å². The van der Waals surface area contributed by atoms with Crippen molar-refractivity contribution in [3.8, 4) is 5.75 Å². The van der Waals surface area contributed by atoms with Crippen molar-refractivity contribution >= 4 is 5.96 Å². The zero-order valence-electron chi connectivity index (χ0n) is 13.2. The van der Waals surface area contributed by atoms with Crippen LogP contribution in [0.15, 0.2) is 29.3 Å². The van der Waals surface area contributed by atoms with Gasteiger partial charge < -0.3 is 20.1 Å². The molecule has 5 nitrogen and oxygen atoms in total. The molecule has 0 atom stereocenters. The molecule has 130 valence electrons. The van der Waals surface area contributed by atoms with Crippen molar-refractivity contribution in [2.24, 2.45) is 4.99 Å². The summed E-state index contributed by atoms with van der Waals surface area (Å²) in [5, 5.41) is 5.97. The van der Waals surface area contributed by atoms with Gasteiger partial charge in [0, 0.05) is 20.2 Å². The Morgan fingerprint density at radius 3 is 2.39 bits per heavy atom. The number of rotatable bonds is 8. The molecule has 0 spiro atoms. The smallest absolute Gasteiger partial charge is 0.419 e. The van der Waals surface area contributed by atoms with Crippen LogP contribution in [-0.2, 0) is 10.9 Å². The predicted octanol–water partition coefficient (Wildman–Crippen LogP) is 2.29. The summed E-state index contributed by atoms with van der Waals surface area (Å²) in [4.78, 5) is 3.99. The summed E-state index contributed by atoms with van der Waals surface area (Å²) >= 11 is 0. The van der Waals surface area contributed by atoms with E-state index in [4.69, 9.17) is 9.47 Å². The summed E-state index contributed by atoms with van der Waals surface area (Å²) in [5.74, 6) is 0.360. The van der Waals surface area contributed by atoms with Gasteiger partial charge in [-0.2, -0.15) is 13.2 Å². The van der Waals surface area contributed by atoms with E-state index in [0.717, 1.165) is 6.07 Å². The third-order valence-corrected chi connectivity index (χ3v) is 2.81. The lowest BCUT2D eigenvalue weighted by Crippen LogP contribution is -2.40. The molecule has 0 heterocycles. The maximum Gasteiger partial charge on any atom is 0.419 e. The molecule has 0 radical (unpaired) electrons. The molecule has 0 aromatic heterocycles. The number of benzene rings is 1. The molecule has 0 amide bonds. The number of halogens is 3. The van der Waals surface area contributed by atoms with Gasteiger partial charge in [-0.25, -0.2) is 0 Å². The molecule has 0 aliphatic rings. The van der Waals surface area contributed by atoms with E-state index in [1.54, 1.807) is 7.05 Å². The fourth-order valence-corrected chi connectivity index (χ4v) is 1.76. The number of aliphatic imine (C=N–C) groups is 1. The van der Waals surface area contributed by atoms with Crippen molar-refractivity contribution in [2.45, 2.75) is 13.1 Å². The maximum absolute atomic E-state index is 12.8. The largest absolute Gasteiger partial charge is 0.491 e. The molecule has 0 fully saturated rings. The van der Waals surface area contributed by atoms with Crippen LogP contribution in [-0.4, -0.2) is 45.9 Å². The fourth-order valence-electron chi connectivity index (χ4n) is 1.76. The van der Waals surface area contributed by atoms with E-state index in [2.05, 4.69) is 15.6 Å². The van der Waals surface area contributed by atoms with Crippen molar-refractivity contribution in [3.63, 3.8) is 0 Å². The Kier molecular flexibility index (Phi) is 8.25. The number of hydrogen-bond donors (Lipinski definition) is 2. The number of ether oxygens (including phenoxy) is 2. The Hall–Kier alpha value is -1.96. The Labute approximate surface area is 133 Å². The summed E-state index contributed by atoms with van der Waals surface area (Å²) in [6.45, 7) is 4.08. The van der Waals surface area contributed by atoms with Gasteiger partial charge in [0.2, 0.25) is 0 Å². The molecule has 8 heteroatoms. The Morgan fingerprint density at radius 2 is 1.78 bits per heavy atom. The second-order valence-electron chi connectivity index (χ2n) is 4.47. The lowest BCUT2D eigenvalue weighted by molar-refractivity contribution is -0.138. The molecule has 1 rings (SSSR count). The number of alkyl halides is 3. The van der Waals surface area contributed by atoms with Gasteiger partial charge in [0.25, 0.3) is 0 Å². The zero-order chi connectivity index (χ0) is 17.1. The minimum atomic E-state index is -4.43. The van der Waals surface area contributed by atoms with Crippen LogP contribution >= 0.6 is 0 Å². The van der Waals surface area contributed by atoms with Crippen molar-refractivity contribution in [1.29, 1.82) is 0 Å². The minimum absolute atomic E-state index is 0.0826. The summed E-state index contributed by atoms with van der Waals surface area (Å²) in [6.07, 6.45) is -4.43. The van der Waals surface area contributed by atoms with Crippen molar-refractivity contribution in [1.82, 2.24) is 10.6 Å². The van der Waals surface area contributed by atoms with Crippen LogP contribution in [0.2, 0.25) is 0 Å². The SMILES string of the molecule is CCOCCNC(=NC)NCCOc1ccccc1C(F)(F)F. The molecule has 0 bridgehead atoms. The lowest BCUT2D eigenvalue weighted by atomic mass is 10.2. The fraction of sp³-hybridized carbons (Fsp3) is 0.533. The van der Waals surface area contributed by atoms with Gasteiger partial charge >= 0.3 is 6.18 Å². The van der Waals surface area contributed by atoms with Crippen LogP contribution in [0.25, 0.3) is 0 Å².